The summed E-state index contributed by atoms with van der Waals surface area (Å²) >= 11 is 3.50. The number of rotatable bonds is 0. The van der Waals surface area contributed by atoms with Gasteiger partial charge in [-0.15, -0.1) is 22.7 Å². The van der Waals surface area contributed by atoms with Crippen molar-refractivity contribution in [3.8, 4) is 0 Å². The molecular weight excluding hydrogens is 234 g/mol. The van der Waals surface area contributed by atoms with Crippen LogP contribution in [0.1, 0.15) is 35.0 Å². The van der Waals surface area contributed by atoms with Crippen LogP contribution in [-0.2, 0) is 0 Å². The van der Waals surface area contributed by atoms with Gasteiger partial charge in [0.25, 0.3) is 0 Å². The molecule has 2 heterocycles. The van der Waals surface area contributed by atoms with E-state index in [9.17, 15) is 0 Å². The van der Waals surface area contributed by atoms with Gasteiger partial charge in [-0.25, -0.2) is 4.98 Å². The van der Waals surface area contributed by atoms with Gasteiger partial charge in [-0.1, -0.05) is 13.8 Å². The van der Waals surface area contributed by atoms with Gasteiger partial charge in [0, 0.05) is 16.0 Å². The summed E-state index contributed by atoms with van der Waals surface area (Å²) in [7, 11) is 0. The molecule has 0 spiro atoms. The maximum absolute atomic E-state index is 4.13. The van der Waals surface area contributed by atoms with E-state index in [1.165, 1.54) is 10.4 Å². The first-order chi connectivity index (χ1) is 7.58. The van der Waals surface area contributed by atoms with E-state index in [0.717, 1.165) is 10.7 Å². The number of thiophene rings is 1. The molecule has 0 saturated carbocycles. The SMILES string of the molecule is CC.Cc1csc(C)c1.Cc1csc(C)n1. The topological polar surface area (TPSA) is 12.9 Å². The highest BCUT2D eigenvalue weighted by atomic mass is 32.1. The van der Waals surface area contributed by atoms with Crippen LogP contribution in [0.5, 0.6) is 0 Å². The first-order valence-corrected chi connectivity index (χ1v) is 7.24. The largest absolute Gasteiger partial charge is 0.247 e. The minimum absolute atomic E-state index is 1.13. The maximum Gasteiger partial charge on any atom is 0.0897 e. The highest BCUT2D eigenvalue weighted by Crippen LogP contribution is 2.10. The van der Waals surface area contributed by atoms with Crippen molar-refractivity contribution in [1.82, 2.24) is 4.98 Å². The average molecular weight is 255 g/mol. The summed E-state index contributed by atoms with van der Waals surface area (Å²) < 4.78 is 0. The zero-order valence-electron chi connectivity index (χ0n) is 11.0. The first-order valence-electron chi connectivity index (χ1n) is 5.48. The van der Waals surface area contributed by atoms with Gasteiger partial charge < -0.3 is 0 Å². The Morgan fingerprint density at radius 1 is 0.938 bits per heavy atom. The van der Waals surface area contributed by atoms with Crippen molar-refractivity contribution in [2.24, 2.45) is 0 Å². The van der Waals surface area contributed by atoms with Gasteiger partial charge in [0.2, 0.25) is 0 Å². The molecule has 0 N–H and O–H groups in total. The summed E-state index contributed by atoms with van der Waals surface area (Å²) in [5.41, 5.74) is 2.50. The summed E-state index contributed by atoms with van der Waals surface area (Å²) in [5, 5.41) is 5.36. The average Bonchev–Trinajstić information content (AvgIpc) is 2.80. The van der Waals surface area contributed by atoms with Crippen LogP contribution in [0, 0.1) is 27.7 Å². The Kier molecular flexibility index (Phi) is 8.12. The van der Waals surface area contributed by atoms with Crippen LogP contribution >= 0.6 is 22.7 Å². The fourth-order valence-corrected chi connectivity index (χ4v) is 2.33. The highest BCUT2D eigenvalue weighted by molar-refractivity contribution is 7.10. The molecule has 0 aliphatic rings. The van der Waals surface area contributed by atoms with Crippen molar-refractivity contribution in [3.63, 3.8) is 0 Å². The van der Waals surface area contributed by atoms with E-state index in [1.54, 1.807) is 22.7 Å². The molecule has 0 unspecified atom stereocenters. The lowest BCUT2D eigenvalue weighted by Gasteiger charge is -1.71. The molecule has 2 aromatic rings. The van der Waals surface area contributed by atoms with Crippen LogP contribution < -0.4 is 0 Å². The zero-order valence-corrected chi connectivity index (χ0v) is 12.6. The number of aromatic nitrogens is 1. The van der Waals surface area contributed by atoms with Gasteiger partial charge in [0.1, 0.15) is 0 Å². The van der Waals surface area contributed by atoms with Gasteiger partial charge >= 0.3 is 0 Å². The molecule has 0 bridgehead atoms. The first kappa shape index (κ1) is 15.3. The fraction of sp³-hybridized carbons (Fsp3) is 0.462. The number of hydrogen-bond donors (Lipinski definition) is 0. The highest BCUT2D eigenvalue weighted by Gasteiger charge is 1.86. The molecule has 1 nitrogen and oxygen atoms in total. The molecular formula is C13H21NS2. The lowest BCUT2D eigenvalue weighted by atomic mass is 10.4. The summed E-state index contributed by atoms with van der Waals surface area (Å²) in [6.45, 7) is 12.3. The molecule has 90 valence electrons. The third-order valence-electron chi connectivity index (χ3n) is 1.60. The zero-order chi connectivity index (χ0) is 12.6. The summed E-state index contributed by atoms with van der Waals surface area (Å²) in [6, 6.07) is 2.19. The van der Waals surface area contributed by atoms with E-state index >= 15 is 0 Å². The third-order valence-corrected chi connectivity index (χ3v) is 3.47. The molecule has 0 amide bonds. The third kappa shape index (κ3) is 6.75. The number of nitrogens with zero attached hydrogens (tertiary/aromatic N) is 1. The second-order valence-corrected chi connectivity index (χ2v) is 5.42. The Hall–Kier alpha value is -0.670. The van der Waals surface area contributed by atoms with Crippen LogP contribution in [0.25, 0.3) is 0 Å². The molecule has 0 aliphatic heterocycles. The molecule has 0 fully saturated rings. The van der Waals surface area contributed by atoms with Gasteiger partial charge in [0.15, 0.2) is 0 Å². The van der Waals surface area contributed by atoms with Gasteiger partial charge in [-0.05, 0) is 44.7 Å². The molecule has 0 atom stereocenters. The second-order valence-electron chi connectivity index (χ2n) is 3.24. The minimum Gasteiger partial charge on any atom is -0.247 e. The molecule has 0 radical (unpaired) electrons. The minimum atomic E-state index is 1.13. The molecule has 0 saturated heterocycles. The van der Waals surface area contributed by atoms with Crippen LogP contribution in [0.15, 0.2) is 16.8 Å². The van der Waals surface area contributed by atoms with Crippen LogP contribution in [0.2, 0.25) is 0 Å². The predicted octanol–water partition coefficient (Wildman–Crippen LogP) is 5.15. The Bertz CT molecular complexity index is 317. The van der Waals surface area contributed by atoms with Gasteiger partial charge in [-0.3, -0.25) is 0 Å². The van der Waals surface area contributed by atoms with E-state index < -0.39 is 0 Å². The normalized spacial score (nSPS) is 8.62. The number of hydrogen-bond acceptors (Lipinski definition) is 3. The van der Waals surface area contributed by atoms with Crippen LogP contribution in [0.3, 0.4) is 0 Å². The Balaban J connectivity index is 0.000000244. The molecule has 2 rings (SSSR count). The Morgan fingerprint density at radius 2 is 1.56 bits per heavy atom. The van der Waals surface area contributed by atoms with E-state index in [-0.39, 0.29) is 0 Å². The molecule has 0 aliphatic carbocycles. The second kappa shape index (κ2) is 8.48. The Morgan fingerprint density at radius 3 is 1.69 bits per heavy atom. The monoisotopic (exact) mass is 255 g/mol. The summed E-state index contributed by atoms with van der Waals surface area (Å²) in [4.78, 5) is 5.53. The van der Waals surface area contributed by atoms with Gasteiger partial charge in [0.05, 0.1) is 5.01 Å². The summed E-state index contributed by atoms with van der Waals surface area (Å²) in [5.74, 6) is 0. The molecule has 16 heavy (non-hydrogen) atoms. The van der Waals surface area contributed by atoms with E-state index in [4.69, 9.17) is 0 Å². The van der Waals surface area contributed by atoms with E-state index in [0.29, 0.717) is 0 Å². The fourth-order valence-electron chi connectivity index (χ4n) is 1.05. The van der Waals surface area contributed by atoms with Crippen molar-refractivity contribution in [3.05, 3.63) is 38.0 Å². The molecule has 2 aromatic heterocycles. The number of aryl methyl sites for hydroxylation is 4. The van der Waals surface area contributed by atoms with Crippen molar-refractivity contribution in [2.75, 3.05) is 0 Å². The van der Waals surface area contributed by atoms with Crippen molar-refractivity contribution in [2.45, 2.75) is 41.5 Å². The van der Waals surface area contributed by atoms with E-state index in [2.05, 4.69) is 35.7 Å². The van der Waals surface area contributed by atoms with Gasteiger partial charge in [-0.2, -0.15) is 0 Å². The predicted molar refractivity (Wildman–Crippen MR) is 76.7 cm³/mol. The number of thiazole rings is 1. The van der Waals surface area contributed by atoms with Crippen molar-refractivity contribution in [1.29, 1.82) is 0 Å². The smallest absolute Gasteiger partial charge is 0.0897 e. The lowest BCUT2D eigenvalue weighted by molar-refractivity contribution is 1.20. The summed E-state index contributed by atoms with van der Waals surface area (Å²) in [6.07, 6.45) is 0. The Labute approximate surface area is 107 Å². The van der Waals surface area contributed by atoms with Crippen molar-refractivity contribution >= 4 is 22.7 Å². The van der Waals surface area contributed by atoms with Crippen LogP contribution in [-0.4, -0.2) is 4.98 Å². The van der Waals surface area contributed by atoms with Crippen LogP contribution in [0.4, 0.5) is 0 Å². The standard InChI is InChI=1S/C6H8S.C5H7NS.C2H6/c1-5-3-6(2)7-4-5;1-4-3-7-5(2)6-4;1-2/h3-4H,1-2H3;3H,1-2H3;1-2H3. The lowest BCUT2D eigenvalue weighted by Crippen LogP contribution is -1.67. The van der Waals surface area contributed by atoms with E-state index in [1.807, 2.05) is 27.7 Å². The maximum atomic E-state index is 4.13. The molecule has 0 aromatic carbocycles. The quantitative estimate of drug-likeness (QED) is 0.634. The molecule has 3 heteroatoms. The van der Waals surface area contributed by atoms with Crippen molar-refractivity contribution < 1.29 is 0 Å².